The predicted octanol–water partition coefficient (Wildman–Crippen LogP) is 3.45. The Morgan fingerprint density at radius 3 is 2.70 bits per heavy atom. The van der Waals surface area contributed by atoms with Gasteiger partial charge < -0.3 is 4.90 Å². The molecule has 0 spiro atoms. The van der Waals surface area contributed by atoms with Gasteiger partial charge in [-0.05, 0) is 24.1 Å². The fourth-order valence-electron chi connectivity index (χ4n) is 2.94. The molecule has 0 N–H and O–H groups in total. The van der Waals surface area contributed by atoms with Crippen molar-refractivity contribution in [1.29, 1.82) is 0 Å². The number of carbonyl (C=O) groups excluding carboxylic acids is 1. The van der Waals surface area contributed by atoms with Crippen molar-refractivity contribution in [3.8, 4) is 0 Å². The van der Waals surface area contributed by atoms with Gasteiger partial charge in [-0.3, -0.25) is 4.79 Å². The Bertz CT molecular complexity index is 486. The maximum Gasteiger partial charge on any atom is 0.227 e. The van der Waals surface area contributed by atoms with Gasteiger partial charge in [0.1, 0.15) is 0 Å². The van der Waals surface area contributed by atoms with Crippen LogP contribution in [0, 0.1) is 0 Å². The molecule has 1 aromatic carbocycles. The van der Waals surface area contributed by atoms with Gasteiger partial charge >= 0.3 is 0 Å². The summed E-state index contributed by atoms with van der Waals surface area (Å²) < 4.78 is 0. The van der Waals surface area contributed by atoms with Crippen LogP contribution in [0.25, 0.3) is 0 Å². The SMILES string of the molecule is CC(C)Sc1ccc(CC(=O)N2CC3CC2CS3)cc1. The lowest BCUT2D eigenvalue weighted by Crippen LogP contribution is -2.40. The van der Waals surface area contributed by atoms with Crippen LogP contribution in [0.15, 0.2) is 29.2 Å². The zero-order chi connectivity index (χ0) is 14.1. The number of nitrogens with zero attached hydrogens (tertiary/aromatic N) is 1. The predicted molar refractivity (Wildman–Crippen MR) is 87.5 cm³/mol. The van der Waals surface area contributed by atoms with Crippen molar-refractivity contribution in [3.63, 3.8) is 0 Å². The van der Waals surface area contributed by atoms with Gasteiger partial charge in [0.25, 0.3) is 0 Å². The van der Waals surface area contributed by atoms with Crippen LogP contribution >= 0.6 is 23.5 Å². The minimum atomic E-state index is 0.307. The van der Waals surface area contributed by atoms with Crippen molar-refractivity contribution in [1.82, 2.24) is 4.90 Å². The molecule has 2 saturated heterocycles. The van der Waals surface area contributed by atoms with E-state index < -0.39 is 0 Å². The first-order valence-corrected chi connectivity index (χ1v) is 9.21. The fraction of sp³-hybridized carbons (Fsp3) is 0.562. The van der Waals surface area contributed by atoms with Crippen molar-refractivity contribution in [3.05, 3.63) is 29.8 Å². The Labute approximate surface area is 129 Å². The van der Waals surface area contributed by atoms with Crippen LogP contribution in [0.2, 0.25) is 0 Å². The first-order valence-electron chi connectivity index (χ1n) is 7.28. The van der Waals surface area contributed by atoms with Crippen LogP contribution in [0.4, 0.5) is 0 Å². The molecule has 2 bridgehead atoms. The molecule has 2 fully saturated rings. The number of carbonyl (C=O) groups is 1. The average molecular weight is 307 g/mol. The van der Waals surface area contributed by atoms with Gasteiger partial charge in [0.2, 0.25) is 5.91 Å². The maximum absolute atomic E-state index is 12.4. The van der Waals surface area contributed by atoms with Crippen LogP contribution in [-0.4, -0.2) is 39.6 Å². The lowest BCUT2D eigenvalue weighted by atomic mass is 10.1. The highest BCUT2D eigenvalue weighted by Crippen LogP contribution is 2.37. The monoisotopic (exact) mass is 307 g/mol. The molecule has 108 valence electrons. The summed E-state index contributed by atoms with van der Waals surface area (Å²) in [7, 11) is 0. The lowest BCUT2D eigenvalue weighted by molar-refractivity contribution is -0.130. The number of thioether (sulfide) groups is 2. The molecule has 2 aliphatic heterocycles. The normalized spacial score (nSPS) is 24.6. The minimum Gasteiger partial charge on any atom is -0.337 e. The Kier molecular flexibility index (Phi) is 4.32. The molecule has 20 heavy (non-hydrogen) atoms. The van der Waals surface area contributed by atoms with Crippen molar-refractivity contribution >= 4 is 29.4 Å². The van der Waals surface area contributed by atoms with Crippen molar-refractivity contribution < 1.29 is 4.79 Å². The summed E-state index contributed by atoms with van der Waals surface area (Å²) >= 11 is 3.89. The van der Waals surface area contributed by atoms with Gasteiger partial charge in [0.05, 0.1) is 6.42 Å². The van der Waals surface area contributed by atoms with Gasteiger partial charge in [-0.2, -0.15) is 11.8 Å². The highest BCUT2D eigenvalue weighted by atomic mass is 32.2. The molecule has 4 heteroatoms. The van der Waals surface area contributed by atoms with E-state index in [4.69, 9.17) is 0 Å². The molecule has 0 radical (unpaired) electrons. The van der Waals surface area contributed by atoms with Gasteiger partial charge in [-0.25, -0.2) is 0 Å². The van der Waals surface area contributed by atoms with E-state index >= 15 is 0 Å². The zero-order valence-electron chi connectivity index (χ0n) is 12.0. The van der Waals surface area contributed by atoms with E-state index in [2.05, 4.69) is 43.0 Å². The highest BCUT2D eigenvalue weighted by molar-refractivity contribution is 8.00. The van der Waals surface area contributed by atoms with E-state index in [0.717, 1.165) is 17.9 Å². The molecule has 0 aromatic heterocycles. The van der Waals surface area contributed by atoms with Crippen molar-refractivity contribution in [2.45, 2.75) is 48.1 Å². The first-order chi connectivity index (χ1) is 9.61. The van der Waals surface area contributed by atoms with E-state index in [0.29, 0.717) is 28.9 Å². The van der Waals surface area contributed by atoms with Gasteiger partial charge in [-0.1, -0.05) is 26.0 Å². The molecular weight excluding hydrogens is 286 g/mol. The average Bonchev–Trinajstić information content (AvgIpc) is 3.03. The quantitative estimate of drug-likeness (QED) is 0.795. The summed E-state index contributed by atoms with van der Waals surface area (Å²) in [6.45, 7) is 5.36. The second-order valence-electron chi connectivity index (χ2n) is 5.88. The fourth-order valence-corrected chi connectivity index (χ4v) is 5.21. The van der Waals surface area contributed by atoms with Crippen molar-refractivity contribution in [2.75, 3.05) is 12.3 Å². The second-order valence-corrected chi connectivity index (χ2v) is 8.86. The number of amides is 1. The molecule has 2 aliphatic rings. The topological polar surface area (TPSA) is 20.3 Å². The van der Waals surface area contributed by atoms with Crippen LogP contribution < -0.4 is 0 Å². The largest absolute Gasteiger partial charge is 0.337 e. The third kappa shape index (κ3) is 3.17. The maximum atomic E-state index is 12.4. The van der Waals surface area contributed by atoms with E-state index in [1.807, 2.05) is 23.5 Å². The molecule has 2 heterocycles. The van der Waals surface area contributed by atoms with Crippen LogP contribution in [0.3, 0.4) is 0 Å². The number of hydrogen-bond acceptors (Lipinski definition) is 3. The Morgan fingerprint density at radius 2 is 2.15 bits per heavy atom. The van der Waals surface area contributed by atoms with E-state index in [1.165, 1.54) is 11.3 Å². The van der Waals surface area contributed by atoms with Crippen LogP contribution in [0.1, 0.15) is 25.8 Å². The van der Waals surface area contributed by atoms with Gasteiger partial charge in [0.15, 0.2) is 0 Å². The molecule has 0 aliphatic carbocycles. The van der Waals surface area contributed by atoms with Crippen molar-refractivity contribution in [2.24, 2.45) is 0 Å². The van der Waals surface area contributed by atoms with Crippen LogP contribution in [0.5, 0.6) is 0 Å². The smallest absolute Gasteiger partial charge is 0.227 e. The highest BCUT2D eigenvalue weighted by Gasteiger charge is 2.40. The number of likely N-dealkylation sites (tertiary alicyclic amines) is 1. The summed E-state index contributed by atoms with van der Waals surface area (Å²) in [6, 6.07) is 8.99. The van der Waals surface area contributed by atoms with Gasteiger partial charge in [0, 0.05) is 33.7 Å². The minimum absolute atomic E-state index is 0.307. The third-order valence-corrected chi connectivity index (χ3v) is 6.28. The van der Waals surface area contributed by atoms with E-state index in [1.54, 1.807) is 0 Å². The zero-order valence-corrected chi connectivity index (χ0v) is 13.7. The van der Waals surface area contributed by atoms with Gasteiger partial charge in [-0.15, -0.1) is 11.8 Å². The summed E-state index contributed by atoms with van der Waals surface area (Å²) in [5.41, 5.74) is 1.14. The number of benzene rings is 1. The summed E-state index contributed by atoms with van der Waals surface area (Å²) in [5, 5.41) is 1.30. The van der Waals surface area contributed by atoms with E-state index in [-0.39, 0.29) is 0 Å². The third-order valence-electron chi connectivity index (χ3n) is 3.87. The number of fused-ring (bicyclic) bond motifs is 2. The number of rotatable bonds is 4. The van der Waals surface area contributed by atoms with Crippen LogP contribution in [-0.2, 0) is 11.2 Å². The van der Waals surface area contributed by atoms with E-state index in [9.17, 15) is 4.79 Å². The Hall–Kier alpha value is -0.610. The molecule has 3 rings (SSSR count). The Balaban J connectivity index is 1.59. The Morgan fingerprint density at radius 1 is 1.40 bits per heavy atom. The second kappa shape index (κ2) is 6.02. The molecule has 2 atom stereocenters. The molecule has 0 saturated carbocycles. The molecule has 1 amide bonds. The summed E-state index contributed by atoms with van der Waals surface area (Å²) in [5.74, 6) is 1.45. The standard InChI is InChI=1S/C16H21NOS2/c1-11(2)20-14-5-3-12(4-6-14)7-16(18)17-9-15-8-13(17)10-19-15/h3-6,11,13,15H,7-10H2,1-2H3. The summed E-state index contributed by atoms with van der Waals surface area (Å²) in [6.07, 6.45) is 1.76. The summed E-state index contributed by atoms with van der Waals surface area (Å²) in [4.78, 5) is 15.8. The lowest BCUT2D eigenvalue weighted by Gasteiger charge is -2.26. The molecule has 1 aromatic rings. The molecular formula is C16H21NOS2. The molecule has 2 nitrogen and oxygen atoms in total. The molecule has 2 unspecified atom stereocenters. The number of hydrogen-bond donors (Lipinski definition) is 0. The first kappa shape index (κ1) is 14.3.